The smallest absolute Gasteiger partial charge is 0.306 e. The number of ketones is 1. The lowest BCUT2D eigenvalue weighted by molar-refractivity contribution is -0.161. The molecule has 8 nitrogen and oxygen atoms in total. The van der Waals surface area contributed by atoms with Gasteiger partial charge in [-0.1, -0.05) is 60.7 Å². The molecule has 0 bridgehead atoms. The predicted octanol–water partition coefficient (Wildman–Crippen LogP) is 3.39. The maximum absolute atomic E-state index is 11.9. The van der Waals surface area contributed by atoms with Crippen molar-refractivity contribution in [3.63, 3.8) is 0 Å². The molecular formula is C25H30O8. The molecule has 0 fully saturated rings. The molecule has 33 heavy (non-hydrogen) atoms. The Morgan fingerprint density at radius 2 is 1.45 bits per heavy atom. The summed E-state index contributed by atoms with van der Waals surface area (Å²) >= 11 is 0. The van der Waals surface area contributed by atoms with Gasteiger partial charge < -0.3 is 34.3 Å². The van der Waals surface area contributed by atoms with Crippen LogP contribution in [-0.2, 0) is 37.0 Å². The zero-order valence-corrected chi connectivity index (χ0v) is 18.5. The van der Waals surface area contributed by atoms with Gasteiger partial charge in [-0.05, 0) is 18.1 Å². The summed E-state index contributed by atoms with van der Waals surface area (Å²) in [4.78, 5) is 22.9. The number of aliphatic hydroxyl groups excluding tert-OH is 3. The van der Waals surface area contributed by atoms with Gasteiger partial charge in [0.15, 0.2) is 5.76 Å². The Kier molecular flexibility index (Phi) is 11.1. The maximum Gasteiger partial charge on any atom is 0.306 e. The van der Waals surface area contributed by atoms with Crippen LogP contribution in [0.2, 0.25) is 0 Å². The van der Waals surface area contributed by atoms with Crippen LogP contribution in [0.15, 0.2) is 72.7 Å². The molecule has 2 aromatic rings. The molecule has 0 radical (unpaired) electrons. The fourth-order valence-corrected chi connectivity index (χ4v) is 2.97. The molecule has 2 rings (SSSR count). The first-order valence-electron chi connectivity index (χ1n) is 10.6. The van der Waals surface area contributed by atoms with E-state index in [-0.39, 0.29) is 31.8 Å². The molecule has 0 aliphatic carbocycles. The van der Waals surface area contributed by atoms with Gasteiger partial charge in [0.2, 0.25) is 0 Å². The first-order valence-corrected chi connectivity index (χ1v) is 10.6. The van der Waals surface area contributed by atoms with Gasteiger partial charge in [0.05, 0.1) is 19.6 Å². The molecule has 0 aromatic heterocycles. The van der Waals surface area contributed by atoms with Crippen LogP contribution in [0.25, 0.3) is 0 Å². The number of hydrogen-bond acceptors (Lipinski definition) is 8. The van der Waals surface area contributed by atoms with Crippen LogP contribution in [-0.4, -0.2) is 52.0 Å². The number of hydrogen-bond donors (Lipinski definition) is 3. The summed E-state index contributed by atoms with van der Waals surface area (Å²) in [7, 11) is 0. The SMILES string of the molecule is CC(=O)CCC(=O)OC[C@@H](O)[C@@H](OCc1ccccc1)[C@H](OCc1ccccc1)C(O)=CO. The van der Waals surface area contributed by atoms with Gasteiger partial charge >= 0.3 is 5.97 Å². The number of ether oxygens (including phenoxy) is 3. The summed E-state index contributed by atoms with van der Waals surface area (Å²) < 4.78 is 16.7. The molecule has 2 aromatic carbocycles. The van der Waals surface area contributed by atoms with E-state index in [0.717, 1.165) is 11.1 Å². The Bertz CT molecular complexity index is 882. The number of Topliss-reactive ketones (excluding diaryl/α,β-unsaturated/α-hetero) is 1. The van der Waals surface area contributed by atoms with Gasteiger partial charge in [-0.3, -0.25) is 4.79 Å². The van der Waals surface area contributed by atoms with Crippen molar-refractivity contribution in [1.29, 1.82) is 0 Å². The van der Waals surface area contributed by atoms with Gasteiger partial charge in [0.1, 0.15) is 37.0 Å². The van der Waals surface area contributed by atoms with Crippen molar-refractivity contribution in [1.82, 2.24) is 0 Å². The van der Waals surface area contributed by atoms with Crippen LogP contribution in [0.5, 0.6) is 0 Å². The highest BCUT2D eigenvalue weighted by molar-refractivity contribution is 5.80. The molecule has 0 aliphatic heterocycles. The number of carbonyl (C=O) groups excluding carboxylic acids is 2. The summed E-state index contributed by atoms with van der Waals surface area (Å²) in [5.41, 5.74) is 1.61. The van der Waals surface area contributed by atoms with Gasteiger partial charge in [0, 0.05) is 6.42 Å². The van der Waals surface area contributed by atoms with Crippen molar-refractivity contribution in [2.24, 2.45) is 0 Å². The van der Waals surface area contributed by atoms with Crippen LogP contribution in [0.4, 0.5) is 0 Å². The molecule has 0 unspecified atom stereocenters. The summed E-state index contributed by atoms with van der Waals surface area (Å²) in [5, 5.41) is 30.5. The summed E-state index contributed by atoms with van der Waals surface area (Å²) in [6, 6.07) is 18.3. The van der Waals surface area contributed by atoms with E-state index in [0.29, 0.717) is 6.26 Å². The second kappa shape index (κ2) is 14.1. The standard InChI is InChI=1S/C25H30O8/c1-18(27)12-13-23(30)31-17-22(29)25(33-16-20-10-6-3-7-11-20)24(21(28)14-26)32-15-19-8-4-2-5-9-19/h2-11,14,22,24-26,28-29H,12-13,15-17H2,1H3/t22-,24-,25-/m1/s1. The third kappa shape index (κ3) is 9.44. The van der Waals surface area contributed by atoms with Gasteiger partial charge in [-0.2, -0.15) is 0 Å². The molecular weight excluding hydrogens is 428 g/mol. The number of carbonyl (C=O) groups is 2. The van der Waals surface area contributed by atoms with Crippen molar-refractivity contribution < 1.29 is 39.1 Å². The van der Waals surface area contributed by atoms with Crippen LogP contribution in [0, 0.1) is 0 Å². The third-order valence-corrected chi connectivity index (χ3v) is 4.76. The minimum absolute atomic E-state index is 0.0414. The molecule has 0 aliphatic rings. The van der Waals surface area contributed by atoms with Crippen molar-refractivity contribution in [3.8, 4) is 0 Å². The topological polar surface area (TPSA) is 123 Å². The number of rotatable bonds is 14. The average Bonchev–Trinajstić information content (AvgIpc) is 2.84. The highest BCUT2D eigenvalue weighted by Crippen LogP contribution is 2.20. The molecule has 0 spiro atoms. The lowest BCUT2D eigenvalue weighted by atomic mass is 10.1. The molecule has 178 valence electrons. The minimum atomic E-state index is -1.39. The Morgan fingerprint density at radius 3 is 1.97 bits per heavy atom. The van der Waals surface area contributed by atoms with Crippen LogP contribution in [0.1, 0.15) is 30.9 Å². The van der Waals surface area contributed by atoms with Crippen molar-refractivity contribution in [3.05, 3.63) is 83.8 Å². The Morgan fingerprint density at radius 1 is 0.909 bits per heavy atom. The molecule has 3 N–H and O–H groups in total. The molecule has 8 heteroatoms. The summed E-state index contributed by atoms with van der Waals surface area (Å²) in [6.45, 7) is 1.07. The van der Waals surface area contributed by atoms with Crippen LogP contribution in [0.3, 0.4) is 0 Å². The zero-order chi connectivity index (χ0) is 24.1. The van der Waals surface area contributed by atoms with E-state index in [1.165, 1.54) is 6.92 Å². The minimum Gasteiger partial charge on any atom is -0.512 e. The normalized spacial score (nSPS) is 14.3. The summed E-state index contributed by atoms with van der Waals surface area (Å²) in [5.74, 6) is -1.34. The third-order valence-electron chi connectivity index (χ3n) is 4.76. The second-order valence-electron chi connectivity index (χ2n) is 7.48. The number of benzene rings is 2. The van der Waals surface area contributed by atoms with Gasteiger partial charge in [0.25, 0.3) is 0 Å². The lowest BCUT2D eigenvalue weighted by Crippen LogP contribution is -2.45. The van der Waals surface area contributed by atoms with Gasteiger partial charge in [-0.15, -0.1) is 0 Å². The van der Waals surface area contributed by atoms with E-state index in [9.17, 15) is 24.9 Å². The zero-order valence-electron chi connectivity index (χ0n) is 18.5. The predicted molar refractivity (Wildman–Crippen MR) is 120 cm³/mol. The van der Waals surface area contributed by atoms with E-state index in [1.807, 2.05) is 60.7 Å². The van der Waals surface area contributed by atoms with E-state index in [2.05, 4.69) is 0 Å². The highest BCUT2D eigenvalue weighted by atomic mass is 16.6. The van der Waals surface area contributed by atoms with E-state index >= 15 is 0 Å². The van der Waals surface area contributed by atoms with Crippen LogP contribution >= 0.6 is 0 Å². The fourth-order valence-electron chi connectivity index (χ4n) is 2.97. The molecule has 0 saturated carbocycles. The Balaban J connectivity index is 2.13. The van der Waals surface area contributed by atoms with E-state index in [1.54, 1.807) is 0 Å². The summed E-state index contributed by atoms with van der Waals surface area (Å²) in [6.07, 6.45) is -3.41. The maximum atomic E-state index is 11.9. The molecule has 0 amide bonds. The van der Waals surface area contributed by atoms with Crippen LogP contribution < -0.4 is 0 Å². The fraction of sp³-hybridized carbons (Fsp3) is 0.360. The number of esters is 1. The van der Waals surface area contributed by atoms with E-state index < -0.39 is 36.6 Å². The average molecular weight is 459 g/mol. The number of aliphatic hydroxyl groups is 3. The lowest BCUT2D eigenvalue weighted by Gasteiger charge is -2.30. The quantitative estimate of drug-likeness (QED) is 0.291. The van der Waals surface area contributed by atoms with Crippen molar-refractivity contribution >= 4 is 11.8 Å². The van der Waals surface area contributed by atoms with Crippen molar-refractivity contribution in [2.45, 2.75) is 51.3 Å². The van der Waals surface area contributed by atoms with Crippen molar-refractivity contribution in [2.75, 3.05) is 6.61 Å². The monoisotopic (exact) mass is 458 g/mol. The second-order valence-corrected chi connectivity index (χ2v) is 7.48. The van der Waals surface area contributed by atoms with Gasteiger partial charge in [-0.25, -0.2) is 0 Å². The molecule has 3 atom stereocenters. The molecule has 0 heterocycles. The first kappa shape index (κ1) is 26.1. The van der Waals surface area contributed by atoms with E-state index in [4.69, 9.17) is 14.2 Å². The Labute approximate surface area is 193 Å². The first-order chi connectivity index (χ1) is 15.9. The highest BCUT2D eigenvalue weighted by Gasteiger charge is 2.34. The molecule has 0 saturated heterocycles. The largest absolute Gasteiger partial charge is 0.512 e. The Hall–Kier alpha value is -3.20.